The van der Waals surface area contributed by atoms with Crippen LogP contribution in [0.4, 0.5) is 0 Å². The van der Waals surface area contributed by atoms with Gasteiger partial charge in [-0.2, -0.15) is 5.10 Å². The van der Waals surface area contributed by atoms with Crippen LogP contribution in [0.15, 0.2) is 59.7 Å². The van der Waals surface area contributed by atoms with Crippen molar-refractivity contribution in [1.82, 2.24) is 16.3 Å². The molecule has 0 radical (unpaired) electrons. The summed E-state index contributed by atoms with van der Waals surface area (Å²) in [5, 5.41) is 4.07. The predicted molar refractivity (Wildman–Crippen MR) is 100 cm³/mol. The standard InChI is InChI=1S/C20H24N4O/c1-14(2)16-10-8-15(9-11-16)13-21-24-20(25)19-12-18(22-23-19)17-6-4-3-5-7-17/h3-11,13-14,18-19,22-23H,12H2,1-2H3,(H,24,25)/b21-13+. The highest BCUT2D eigenvalue weighted by atomic mass is 16.2. The summed E-state index contributed by atoms with van der Waals surface area (Å²) in [6.07, 6.45) is 2.35. The highest BCUT2D eigenvalue weighted by molar-refractivity contribution is 5.85. The lowest BCUT2D eigenvalue weighted by atomic mass is 10.0. The summed E-state index contributed by atoms with van der Waals surface area (Å²) in [4.78, 5) is 12.2. The van der Waals surface area contributed by atoms with Crippen molar-refractivity contribution in [2.24, 2.45) is 5.10 Å². The van der Waals surface area contributed by atoms with E-state index >= 15 is 0 Å². The summed E-state index contributed by atoms with van der Waals surface area (Å²) in [6.45, 7) is 4.32. The molecule has 1 fully saturated rings. The largest absolute Gasteiger partial charge is 0.271 e. The van der Waals surface area contributed by atoms with Crippen molar-refractivity contribution in [3.63, 3.8) is 0 Å². The molecule has 1 amide bonds. The Hall–Kier alpha value is -2.50. The first-order valence-electron chi connectivity index (χ1n) is 8.62. The summed E-state index contributed by atoms with van der Waals surface area (Å²) in [5.41, 5.74) is 12.2. The molecular weight excluding hydrogens is 312 g/mol. The number of hydrogen-bond acceptors (Lipinski definition) is 4. The Kier molecular flexibility index (Phi) is 5.58. The van der Waals surface area contributed by atoms with Gasteiger partial charge in [-0.15, -0.1) is 0 Å². The summed E-state index contributed by atoms with van der Waals surface area (Å²) >= 11 is 0. The summed E-state index contributed by atoms with van der Waals surface area (Å²) in [7, 11) is 0. The molecule has 5 heteroatoms. The van der Waals surface area contributed by atoms with Crippen molar-refractivity contribution >= 4 is 12.1 Å². The molecule has 0 aliphatic carbocycles. The van der Waals surface area contributed by atoms with Gasteiger partial charge in [-0.25, -0.2) is 16.3 Å². The zero-order valence-corrected chi connectivity index (χ0v) is 14.6. The minimum Gasteiger partial charge on any atom is -0.271 e. The van der Waals surface area contributed by atoms with E-state index in [1.807, 2.05) is 30.3 Å². The maximum Gasteiger partial charge on any atom is 0.258 e. The van der Waals surface area contributed by atoms with E-state index in [1.54, 1.807) is 6.21 Å². The number of carbonyl (C=O) groups is 1. The first kappa shape index (κ1) is 17.3. The molecule has 3 rings (SSSR count). The Morgan fingerprint density at radius 2 is 1.84 bits per heavy atom. The molecule has 2 aromatic rings. The van der Waals surface area contributed by atoms with E-state index in [-0.39, 0.29) is 18.0 Å². The van der Waals surface area contributed by atoms with E-state index < -0.39 is 0 Å². The number of hydrogen-bond donors (Lipinski definition) is 3. The van der Waals surface area contributed by atoms with Crippen molar-refractivity contribution in [2.45, 2.75) is 38.3 Å². The fraction of sp³-hybridized carbons (Fsp3) is 0.300. The first-order valence-corrected chi connectivity index (χ1v) is 8.62. The van der Waals surface area contributed by atoms with E-state index in [0.717, 1.165) is 5.56 Å². The first-order chi connectivity index (χ1) is 12.1. The van der Waals surface area contributed by atoms with Gasteiger partial charge in [0.2, 0.25) is 0 Å². The van der Waals surface area contributed by atoms with E-state index in [1.165, 1.54) is 11.1 Å². The summed E-state index contributed by atoms with van der Waals surface area (Å²) in [6, 6.07) is 18.1. The van der Waals surface area contributed by atoms with E-state index in [2.05, 4.69) is 59.5 Å². The highest BCUT2D eigenvalue weighted by Gasteiger charge is 2.29. The third kappa shape index (κ3) is 4.53. The molecule has 0 bridgehead atoms. The number of hydrazine groups is 1. The van der Waals surface area contributed by atoms with Gasteiger partial charge >= 0.3 is 0 Å². The van der Waals surface area contributed by atoms with Gasteiger partial charge in [0.05, 0.1) is 6.21 Å². The highest BCUT2D eigenvalue weighted by Crippen LogP contribution is 2.21. The maximum atomic E-state index is 12.2. The zero-order valence-electron chi connectivity index (χ0n) is 14.6. The molecule has 0 spiro atoms. The number of carbonyl (C=O) groups excluding carboxylic acids is 1. The van der Waals surface area contributed by atoms with Gasteiger partial charge in [-0.1, -0.05) is 68.4 Å². The molecule has 1 aliphatic heterocycles. The van der Waals surface area contributed by atoms with Gasteiger partial charge in [0, 0.05) is 6.04 Å². The average molecular weight is 336 g/mol. The van der Waals surface area contributed by atoms with Crippen LogP contribution in [0, 0.1) is 0 Å². The Labute approximate surface area is 148 Å². The number of benzene rings is 2. The molecule has 130 valence electrons. The lowest BCUT2D eigenvalue weighted by Crippen LogP contribution is -2.41. The molecule has 3 N–H and O–H groups in total. The molecule has 1 heterocycles. The number of rotatable bonds is 5. The predicted octanol–water partition coefficient (Wildman–Crippen LogP) is 2.87. The molecule has 1 saturated heterocycles. The van der Waals surface area contributed by atoms with Crippen molar-refractivity contribution in [3.8, 4) is 0 Å². The van der Waals surface area contributed by atoms with E-state index in [9.17, 15) is 4.79 Å². The smallest absolute Gasteiger partial charge is 0.258 e. The van der Waals surface area contributed by atoms with Crippen LogP contribution in [0.3, 0.4) is 0 Å². The van der Waals surface area contributed by atoms with Crippen LogP contribution < -0.4 is 16.3 Å². The van der Waals surface area contributed by atoms with Gasteiger partial charge in [0.15, 0.2) is 0 Å². The molecule has 2 atom stereocenters. The number of amides is 1. The second-order valence-electron chi connectivity index (χ2n) is 6.60. The Balaban J connectivity index is 1.51. The lowest BCUT2D eigenvalue weighted by Gasteiger charge is -2.08. The maximum absolute atomic E-state index is 12.2. The molecule has 1 aliphatic rings. The number of hydrazone groups is 1. The molecule has 0 aromatic heterocycles. The summed E-state index contributed by atoms with van der Waals surface area (Å²) in [5.74, 6) is 0.366. The van der Waals surface area contributed by atoms with Crippen molar-refractivity contribution in [2.75, 3.05) is 0 Å². The van der Waals surface area contributed by atoms with Crippen LogP contribution in [0.1, 0.15) is 48.9 Å². The second-order valence-corrected chi connectivity index (χ2v) is 6.60. The molecule has 25 heavy (non-hydrogen) atoms. The Morgan fingerprint density at radius 3 is 2.52 bits per heavy atom. The average Bonchev–Trinajstić information content (AvgIpc) is 3.13. The van der Waals surface area contributed by atoms with E-state index in [0.29, 0.717) is 12.3 Å². The molecule has 2 unspecified atom stereocenters. The molecular formula is C20H24N4O. The van der Waals surface area contributed by atoms with Crippen molar-refractivity contribution in [1.29, 1.82) is 0 Å². The molecule has 2 aromatic carbocycles. The quantitative estimate of drug-likeness (QED) is 0.581. The molecule has 0 saturated carbocycles. The van der Waals surface area contributed by atoms with Gasteiger partial charge in [0.25, 0.3) is 5.91 Å². The van der Waals surface area contributed by atoms with E-state index in [4.69, 9.17) is 0 Å². The topological polar surface area (TPSA) is 65.5 Å². The van der Waals surface area contributed by atoms with Gasteiger partial charge in [-0.05, 0) is 29.0 Å². The normalized spacial score (nSPS) is 20.3. The van der Waals surface area contributed by atoms with Gasteiger partial charge in [0.1, 0.15) is 6.04 Å². The molecule has 5 nitrogen and oxygen atoms in total. The summed E-state index contributed by atoms with van der Waals surface area (Å²) < 4.78 is 0. The fourth-order valence-corrected chi connectivity index (χ4v) is 2.85. The van der Waals surface area contributed by atoms with Gasteiger partial charge < -0.3 is 0 Å². The third-order valence-electron chi connectivity index (χ3n) is 4.41. The Morgan fingerprint density at radius 1 is 1.12 bits per heavy atom. The minimum atomic E-state index is -0.300. The van der Waals surface area contributed by atoms with Crippen LogP contribution in [0.25, 0.3) is 0 Å². The van der Waals surface area contributed by atoms with Gasteiger partial charge in [-0.3, -0.25) is 4.79 Å². The van der Waals surface area contributed by atoms with Crippen LogP contribution in [0.5, 0.6) is 0 Å². The monoisotopic (exact) mass is 336 g/mol. The van der Waals surface area contributed by atoms with Crippen LogP contribution in [0.2, 0.25) is 0 Å². The van der Waals surface area contributed by atoms with Crippen LogP contribution >= 0.6 is 0 Å². The van der Waals surface area contributed by atoms with Crippen molar-refractivity contribution < 1.29 is 4.79 Å². The lowest BCUT2D eigenvalue weighted by molar-refractivity contribution is -0.122. The second kappa shape index (κ2) is 8.05. The van der Waals surface area contributed by atoms with Crippen molar-refractivity contribution in [3.05, 3.63) is 71.3 Å². The zero-order chi connectivity index (χ0) is 17.6. The number of nitrogens with zero attached hydrogens (tertiary/aromatic N) is 1. The fourth-order valence-electron chi connectivity index (χ4n) is 2.85. The SMILES string of the molecule is CC(C)c1ccc(/C=N/NC(=O)C2CC(c3ccccc3)NN2)cc1. The Bertz CT molecular complexity index is 725. The minimum absolute atomic E-state index is 0.129. The van der Waals surface area contributed by atoms with Crippen LogP contribution in [-0.4, -0.2) is 18.2 Å². The number of nitrogens with one attached hydrogen (secondary N) is 3. The van der Waals surface area contributed by atoms with Crippen LogP contribution in [-0.2, 0) is 4.79 Å². The third-order valence-corrected chi connectivity index (χ3v) is 4.41.